The normalized spacial score (nSPS) is 13.4. The van der Waals surface area contributed by atoms with Crippen molar-refractivity contribution in [2.75, 3.05) is 5.73 Å². The van der Waals surface area contributed by atoms with Crippen LogP contribution in [0.5, 0.6) is 0 Å². The summed E-state index contributed by atoms with van der Waals surface area (Å²) in [7, 11) is -3.52. The highest BCUT2D eigenvalue weighted by Crippen LogP contribution is 2.23. The molecule has 0 aromatic heterocycles. The number of rotatable bonds is 4. The van der Waals surface area contributed by atoms with E-state index in [1.165, 1.54) is 24.3 Å². The molecule has 1 atom stereocenters. The van der Waals surface area contributed by atoms with Gasteiger partial charge in [0.05, 0.1) is 4.90 Å². The summed E-state index contributed by atoms with van der Waals surface area (Å²) in [5, 5.41) is 0. The minimum atomic E-state index is -3.52. The number of nitrogens with two attached hydrogens (primary N) is 1. The van der Waals surface area contributed by atoms with Crippen molar-refractivity contribution in [3.05, 3.63) is 35.3 Å². The lowest BCUT2D eigenvalue weighted by Gasteiger charge is -2.10. The van der Waals surface area contributed by atoms with Crippen LogP contribution in [0.3, 0.4) is 0 Å². The molecule has 0 aliphatic carbocycles. The number of hydrogen-bond donors (Lipinski definition) is 2. The van der Waals surface area contributed by atoms with Gasteiger partial charge in [0, 0.05) is 16.2 Å². The van der Waals surface area contributed by atoms with Gasteiger partial charge in [0.1, 0.15) is 0 Å². The minimum Gasteiger partial charge on any atom is -0.398 e. The Kier molecular flexibility index (Phi) is 4.12. The monoisotopic (exact) mass is 304 g/mol. The molecule has 1 aromatic rings. The first-order valence-electron chi connectivity index (χ1n) is 4.56. The van der Waals surface area contributed by atoms with Gasteiger partial charge in [-0.3, -0.25) is 0 Å². The summed E-state index contributed by atoms with van der Waals surface area (Å²) in [5.41, 5.74) is 6.08. The van der Waals surface area contributed by atoms with E-state index in [2.05, 4.69) is 27.2 Å². The molecule has 0 spiro atoms. The molecule has 0 fully saturated rings. The smallest absolute Gasteiger partial charge is 0.241 e. The predicted octanol–water partition coefficient (Wildman–Crippen LogP) is 1.88. The van der Waals surface area contributed by atoms with Crippen LogP contribution >= 0.6 is 15.9 Å². The van der Waals surface area contributed by atoms with Crippen LogP contribution < -0.4 is 10.5 Å². The zero-order chi connectivity index (χ0) is 12.3. The van der Waals surface area contributed by atoms with Crippen molar-refractivity contribution in [3.8, 4) is 0 Å². The molecule has 0 radical (unpaired) electrons. The Morgan fingerprint density at radius 2 is 2.19 bits per heavy atom. The van der Waals surface area contributed by atoms with Crippen molar-refractivity contribution in [1.82, 2.24) is 4.72 Å². The molecular weight excluding hydrogens is 292 g/mol. The van der Waals surface area contributed by atoms with Gasteiger partial charge in [-0.05, 0) is 41.1 Å². The van der Waals surface area contributed by atoms with Gasteiger partial charge in [0.15, 0.2) is 0 Å². The van der Waals surface area contributed by atoms with Crippen molar-refractivity contribution < 1.29 is 8.42 Å². The van der Waals surface area contributed by atoms with Crippen LogP contribution in [0.1, 0.15) is 6.92 Å². The van der Waals surface area contributed by atoms with Crippen molar-refractivity contribution >= 4 is 31.6 Å². The fourth-order valence-electron chi connectivity index (χ4n) is 1.04. The largest absolute Gasteiger partial charge is 0.398 e. The van der Waals surface area contributed by atoms with Gasteiger partial charge in [-0.15, -0.1) is 6.58 Å². The first-order valence-corrected chi connectivity index (χ1v) is 6.84. The maximum atomic E-state index is 11.8. The molecule has 88 valence electrons. The van der Waals surface area contributed by atoms with E-state index >= 15 is 0 Å². The summed E-state index contributed by atoms with van der Waals surface area (Å²) in [4.78, 5) is 0.169. The van der Waals surface area contributed by atoms with E-state index in [9.17, 15) is 8.42 Å². The van der Waals surface area contributed by atoms with E-state index in [1.54, 1.807) is 6.92 Å². The van der Waals surface area contributed by atoms with Crippen LogP contribution in [0, 0.1) is 0 Å². The van der Waals surface area contributed by atoms with Crippen molar-refractivity contribution in [1.29, 1.82) is 0 Å². The molecule has 4 nitrogen and oxygen atoms in total. The number of anilines is 1. The Morgan fingerprint density at radius 1 is 1.56 bits per heavy atom. The van der Waals surface area contributed by atoms with E-state index < -0.39 is 10.0 Å². The van der Waals surface area contributed by atoms with Gasteiger partial charge in [0.25, 0.3) is 0 Å². The maximum absolute atomic E-state index is 11.8. The Morgan fingerprint density at radius 3 is 2.69 bits per heavy atom. The lowest BCUT2D eigenvalue weighted by atomic mass is 10.3. The number of hydrogen-bond acceptors (Lipinski definition) is 3. The molecule has 0 aliphatic heterocycles. The van der Waals surface area contributed by atoms with Crippen LogP contribution in [0.15, 0.2) is 40.2 Å². The zero-order valence-corrected chi connectivity index (χ0v) is 11.2. The van der Waals surface area contributed by atoms with Gasteiger partial charge in [-0.25, -0.2) is 13.1 Å². The minimum absolute atomic E-state index is 0.169. The van der Waals surface area contributed by atoms with Crippen molar-refractivity contribution in [2.45, 2.75) is 17.9 Å². The van der Waals surface area contributed by atoms with Gasteiger partial charge in [0.2, 0.25) is 10.0 Å². The Balaban J connectivity index is 3.08. The van der Waals surface area contributed by atoms with Crippen molar-refractivity contribution in [2.24, 2.45) is 0 Å². The van der Waals surface area contributed by atoms with Crippen LogP contribution in [0.25, 0.3) is 0 Å². The average molecular weight is 305 g/mol. The summed E-state index contributed by atoms with van der Waals surface area (Å²) in [6.07, 6.45) is 1.52. The molecule has 1 rings (SSSR count). The quantitative estimate of drug-likeness (QED) is 0.659. The first-order chi connectivity index (χ1) is 7.36. The first kappa shape index (κ1) is 13.2. The molecule has 1 unspecified atom stereocenters. The second kappa shape index (κ2) is 4.99. The third kappa shape index (κ3) is 3.07. The van der Waals surface area contributed by atoms with Gasteiger partial charge < -0.3 is 5.73 Å². The zero-order valence-electron chi connectivity index (χ0n) is 8.77. The summed E-state index contributed by atoms with van der Waals surface area (Å²) >= 11 is 3.18. The lowest BCUT2D eigenvalue weighted by Crippen LogP contribution is -2.30. The number of nitrogen functional groups attached to an aromatic ring is 1. The van der Waals surface area contributed by atoms with Crippen LogP contribution in [-0.2, 0) is 10.0 Å². The molecule has 0 saturated carbocycles. The number of sulfonamides is 1. The highest BCUT2D eigenvalue weighted by Gasteiger charge is 2.16. The van der Waals surface area contributed by atoms with Crippen LogP contribution in [-0.4, -0.2) is 14.5 Å². The number of benzene rings is 1. The molecule has 0 bridgehead atoms. The summed E-state index contributed by atoms with van der Waals surface area (Å²) < 4.78 is 26.7. The third-order valence-corrected chi connectivity index (χ3v) is 4.22. The molecule has 0 amide bonds. The topological polar surface area (TPSA) is 72.2 Å². The molecule has 0 heterocycles. The number of nitrogens with one attached hydrogen (secondary N) is 1. The van der Waals surface area contributed by atoms with E-state index in [0.29, 0.717) is 10.2 Å². The van der Waals surface area contributed by atoms with Gasteiger partial charge in [-0.2, -0.15) is 0 Å². The lowest BCUT2D eigenvalue weighted by molar-refractivity contribution is 0.576. The van der Waals surface area contributed by atoms with E-state index in [1.807, 2.05) is 0 Å². The summed E-state index contributed by atoms with van der Waals surface area (Å²) in [6.45, 7) is 5.22. The van der Waals surface area contributed by atoms with Gasteiger partial charge in [-0.1, -0.05) is 6.08 Å². The fraction of sp³-hybridized carbons (Fsp3) is 0.200. The second-order valence-corrected chi connectivity index (χ2v) is 5.90. The average Bonchev–Trinajstić information content (AvgIpc) is 2.21. The summed E-state index contributed by atoms with van der Waals surface area (Å²) in [5.74, 6) is 0. The van der Waals surface area contributed by atoms with Crippen LogP contribution in [0.4, 0.5) is 5.69 Å². The van der Waals surface area contributed by atoms with E-state index in [0.717, 1.165) is 0 Å². The Bertz CT molecular complexity index is 500. The molecule has 0 saturated heterocycles. The Labute approximate surface area is 104 Å². The van der Waals surface area contributed by atoms with E-state index in [4.69, 9.17) is 5.73 Å². The third-order valence-electron chi connectivity index (χ3n) is 1.98. The second-order valence-electron chi connectivity index (χ2n) is 3.33. The maximum Gasteiger partial charge on any atom is 0.241 e. The van der Waals surface area contributed by atoms with E-state index in [-0.39, 0.29) is 10.9 Å². The van der Waals surface area contributed by atoms with Crippen molar-refractivity contribution in [3.63, 3.8) is 0 Å². The predicted molar refractivity (Wildman–Crippen MR) is 68.5 cm³/mol. The Hall–Kier alpha value is -0.850. The fourth-order valence-corrected chi connectivity index (χ4v) is 2.81. The molecular formula is C10H13BrN2O2S. The molecule has 1 aromatic carbocycles. The summed E-state index contributed by atoms with van der Waals surface area (Å²) in [6, 6.07) is 4.14. The molecule has 16 heavy (non-hydrogen) atoms. The molecule has 3 N–H and O–H groups in total. The number of halogens is 1. The standard InChI is InChI=1S/C10H13BrN2O2S/c1-3-7(2)13-16(14,15)8-4-5-10(12)9(11)6-8/h3-7,13H,1,12H2,2H3. The molecule has 6 heteroatoms. The molecule has 0 aliphatic rings. The highest BCUT2D eigenvalue weighted by molar-refractivity contribution is 9.10. The van der Waals surface area contributed by atoms with Gasteiger partial charge >= 0.3 is 0 Å². The SMILES string of the molecule is C=CC(C)NS(=O)(=O)c1ccc(N)c(Br)c1. The highest BCUT2D eigenvalue weighted by atomic mass is 79.9. The van der Waals surface area contributed by atoms with Crippen LogP contribution in [0.2, 0.25) is 0 Å².